The van der Waals surface area contributed by atoms with Gasteiger partial charge in [-0.05, 0) is 24.0 Å². The highest BCUT2D eigenvalue weighted by atomic mass is 32.2. The molecule has 3 N–H and O–H groups in total. The van der Waals surface area contributed by atoms with E-state index in [1.165, 1.54) is 28.3 Å². The number of carbonyl (C=O) groups is 1. The second-order valence-corrected chi connectivity index (χ2v) is 7.37. The minimum absolute atomic E-state index is 0.0815. The van der Waals surface area contributed by atoms with Crippen LogP contribution in [-0.2, 0) is 17.8 Å². The number of methoxy groups -OCH3 is 1. The van der Waals surface area contributed by atoms with Gasteiger partial charge in [-0.25, -0.2) is 9.78 Å². The Hall–Kier alpha value is -3.37. The van der Waals surface area contributed by atoms with Gasteiger partial charge in [0.05, 0.1) is 25.3 Å². The molecule has 0 aliphatic rings. The zero-order valence-corrected chi connectivity index (χ0v) is 18.0. The number of benzene rings is 1. The molecule has 0 saturated heterocycles. The Morgan fingerprint density at radius 3 is 2.65 bits per heavy atom. The summed E-state index contributed by atoms with van der Waals surface area (Å²) in [5.74, 6) is -0.555. The molecular formula is C21H23N5O4S. The van der Waals surface area contributed by atoms with E-state index in [2.05, 4.69) is 9.97 Å². The van der Waals surface area contributed by atoms with Crippen LogP contribution in [0.15, 0.2) is 63.3 Å². The van der Waals surface area contributed by atoms with Gasteiger partial charge in [-0.3, -0.25) is 24.0 Å². The summed E-state index contributed by atoms with van der Waals surface area (Å²) in [6.07, 6.45) is 3.41. The van der Waals surface area contributed by atoms with Crippen LogP contribution in [-0.4, -0.2) is 40.4 Å². The summed E-state index contributed by atoms with van der Waals surface area (Å²) in [4.78, 5) is 46.5. The molecule has 1 aromatic carbocycles. The third kappa shape index (κ3) is 4.86. The topological polar surface area (TPSA) is 123 Å². The molecule has 0 spiro atoms. The quantitative estimate of drug-likeness (QED) is 0.510. The highest BCUT2D eigenvalue weighted by molar-refractivity contribution is 7.98. The number of nitrogens with zero attached hydrogens (tertiary/aromatic N) is 3. The van der Waals surface area contributed by atoms with Gasteiger partial charge < -0.3 is 10.5 Å². The number of pyridine rings is 1. The normalized spacial score (nSPS) is 10.8. The van der Waals surface area contributed by atoms with Gasteiger partial charge in [-0.2, -0.15) is 0 Å². The SMILES string of the molecule is COCCn1c(N)c(N(Cc2ccccc2)C(=O)c2cccnc2SC)c(=O)[nH]c1=O. The van der Waals surface area contributed by atoms with Gasteiger partial charge in [0.1, 0.15) is 10.8 Å². The molecule has 0 unspecified atom stereocenters. The van der Waals surface area contributed by atoms with Crippen LogP contribution in [0.1, 0.15) is 15.9 Å². The maximum Gasteiger partial charge on any atom is 0.330 e. The average Bonchev–Trinajstić information content (AvgIpc) is 2.78. The lowest BCUT2D eigenvalue weighted by Gasteiger charge is -2.25. The van der Waals surface area contributed by atoms with Crippen LogP contribution in [0.4, 0.5) is 11.5 Å². The Labute approximate surface area is 182 Å². The monoisotopic (exact) mass is 441 g/mol. The van der Waals surface area contributed by atoms with E-state index >= 15 is 0 Å². The highest BCUT2D eigenvalue weighted by Crippen LogP contribution is 2.25. The molecule has 0 bridgehead atoms. The Kier molecular flexibility index (Phi) is 7.27. The van der Waals surface area contributed by atoms with E-state index in [1.807, 2.05) is 36.6 Å². The number of aromatic amines is 1. The maximum absolute atomic E-state index is 13.6. The molecule has 0 aliphatic heterocycles. The molecule has 3 rings (SSSR count). The fraction of sp³-hybridized carbons (Fsp3) is 0.238. The lowest BCUT2D eigenvalue weighted by molar-refractivity contribution is 0.0981. The number of amides is 1. The zero-order chi connectivity index (χ0) is 22.4. The molecule has 9 nitrogen and oxygen atoms in total. The first kappa shape index (κ1) is 22.3. The summed E-state index contributed by atoms with van der Waals surface area (Å²) in [7, 11) is 1.49. The number of carbonyl (C=O) groups excluding carboxylic acids is 1. The molecule has 10 heteroatoms. The molecule has 0 saturated carbocycles. The van der Waals surface area contributed by atoms with Crippen molar-refractivity contribution in [3.05, 3.63) is 80.6 Å². The number of nitrogen functional groups attached to an aromatic ring is 1. The minimum Gasteiger partial charge on any atom is -0.383 e. The van der Waals surface area contributed by atoms with E-state index in [0.717, 1.165) is 5.56 Å². The fourth-order valence-electron chi connectivity index (χ4n) is 3.12. The van der Waals surface area contributed by atoms with Gasteiger partial charge >= 0.3 is 5.69 Å². The Balaban J connectivity index is 2.18. The van der Waals surface area contributed by atoms with E-state index in [0.29, 0.717) is 10.6 Å². The Morgan fingerprint density at radius 2 is 1.97 bits per heavy atom. The van der Waals surface area contributed by atoms with Crippen molar-refractivity contribution in [1.82, 2.24) is 14.5 Å². The Bertz CT molecular complexity index is 1180. The number of hydrogen-bond acceptors (Lipinski definition) is 7. The van der Waals surface area contributed by atoms with Gasteiger partial charge in [-0.1, -0.05) is 30.3 Å². The molecule has 3 aromatic rings. The number of hydrogen-bond donors (Lipinski definition) is 2. The molecule has 0 aliphatic carbocycles. The predicted molar refractivity (Wildman–Crippen MR) is 121 cm³/mol. The molecule has 2 heterocycles. The first-order chi connectivity index (χ1) is 15.0. The van der Waals surface area contributed by atoms with E-state index in [4.69, 9.17) is 10.5 Å². The van der Waals surface area contributed by atoms with E-state index in [-0.39, 0.29) is 31.2 Å². The second-order valence-electron chi connectivity index (χ2n) is 6.57. The van der Waals surface area contributed by atoms with E-state index in [1.54, 1.807) is 18.3 Å². The van der Waals surface area contributed by atoms with Crippen LogP contribution >= 0.6 is 11.8 Å². The van der Waals surface area contributed by atoms with Gasteiger partial charge in [0.2, 0.25) is 0 Å². The summed E-state index contributed by atoms with van der Waals surface area (Å²) in [6, 6.07) is 12.5. The molecule has 1 amide bonds. The average molecular weight is 442 g/mol. The minimum atomic E-state index is -0.741. The Morgan fingerprint density at radius 1 is 1.23 bits per heavy atom. The van der Waals surface area contributed by atoms with Gasteiger partial charge in [0.25, 0.3) is 11.5 Å². The number of nitrogens with one attached hydrogen (secondary N) is 1. The lowest BCUT2D eigenvalue weighted by atomic mass is 10.1. The molecule has 0 radical (unpaired) electrons. The molecular weight excluding hydrogens is 418 g/mol. The summed E-state index contributed by atoms with van der Waals surface area (Å²) < 4.78 is 6.21. The maximum atomic E-state index is 13.6. The van der Waals surface area contributed by atoms with E-state index < -0.39 is 17.2 Å². The number of rotatable bonds is 8. The van der Waals surface area contributed by atoms with Crippen LogP contribution < -0.4 is 21.9 Å². The first-order valence-electron chi connectivity index (χ1n) is 9.44. The zero-order valence-electron chi connectivity index (χ0n) is 17.2. The summed E-state index contributed by atoms with van der Waals surface area (Å²) in [6.45, 7) is 0.418. The van der Waals surface area contributed by atoms with Crippen molar-refractivity contribution in [2.24, 2.45) is 0 Å². The lowest BCUT2D eigenvalue weighted by Crippen LogP contribution is -2.41. The van der Waals surface area contributed by atoms with Crippen molar-refractivity contribution in [2.75, 3.05) is 30.6 Å². The smallest absolute Gasteiger partial charge is 0.330 e. The molecule has 2 aromatic heterocycles. The van der Waals surface area contributed by atoms with Crippen molar-refractivity contribution < 1.29 is 9.53 Å². The standard InChI is InChI=1S/C21H23N5O4S/c1-30-12-11-25-17(22)16(18(27)24-21(25)29)26(13-14-7-4-3-5-8-14)20(28)15-9-6-10-23-19(15)31-2/h3-10H,11-13,22H2,1-2H3,(H,24,27,29). The number of ether oxygens (including phenoxy) is 1. The van der Waals surface area contributed by atoms with Crippen molar-refractivity contribution in [3.63, 3.8) is 0 Å². The number of H-pyrrole nitrogens is 1. The molecule has 162 valence electrons. The van der Waals surface area contributed by atoms with Crippen LogP contribution in [0, 0.1) is 0 Å². The number of anilines is 2. The van der Waals surface area contributed by atoms with Crippen LogP contribution in [0.25, 0.3) is 0 Å². The third-order valence-corrected chi connectivity index (χ3v) is 5.34. The predicted octanol–water partition coefficient (Wildman–Crippen LogP) is 1.73. The number of nitrogens with two attached hydrogens (primary N) is 1. The van der Waals surface area contributed by atoms with E-state index in [9.17, 15) is 14.4 Å². The van der Waals surface area contributed by atoms with Crippen LogP contribution in [0.2, 0.25) is 0 Å². The third-order valence-electron chi connectivity index (χ3n) is 4.63. The van der Waals surface area contributed by atoms with Gasteiger partial charge in [0.15, 0.2) is 5.69 Å². The highest BCUT2D eigenvalue weighted by Gasteiger charge is 2.27. The molecule has 0 fully saturated rings. The van der Waals surface area contributed by atoms with Crippen molar-refractivity contribution in [2.45, 2.75) is 18.1 Å². The van der Waals surface area contributed by atoms with Crippen LogP contribution in [0.5, 0.6) is 0 Å². The summed E-state index contributed by atoms with van der Waals surface area (Å²) in [5.41, 5.74) is 5.86. The van der Waals surface area contributed by atoms with Crippen LogP contribution in [0.3, 0.4) is 0 Å². The molecule has 0 atom stereocenters. The van der Waals surface area contributed by atoms with Gasteiger partial charge in [0, 0.05) is 13.3 Å². The summed E-state index contributed by atoms with van der Waals surface area (Å²) >= 11 is 1.32. The molecule has 31 heavy (non-hydrogen) atoms. The van der Waals surface area contributed by atoms with Crippen molar-refractivity contribution in [1.29, 1.82) is 0 Å². The summed E-state index contributed by atoms with van der Waals surface area (Å²) in [5, 5.41) is 0.522. The number of thioether (sulfide) groups is 1. The van der Waals surface area contributed by atoms with Crippen molar-refractivity contribution >= 4 is 29.2 Å². The fourth-order valence-corrected chi connectivity index (χ4v) is 3.66. The largest absolute Gasteiger partial charge is 0.383 e. The second kappa shape index (κ2) is 10.1. The van der Waals surface area contributed by atoms with Crippen molar-refractivity contribution in [3.8, 4) is 0 Å². The van der Waals surface area contributed by atoms with Gasteiger partial charge in [-0.15, -0.1) is 11.8 Å². The number of aromatic nitrogens is 3. The first-order valence-corrected chi connectivity index (χ1v) is 10.7.